The van der Waals surface area contributed by atoms with Crippen LogP contribution in [0.25, 0.3) is 5.69 Å². The Labute approximate surface area is 128 Å². The van der Waals surface area contributed by atoms with Crippen molar-refractivity contribution < 1.29 is 4.74 Å². The van der Waals surface area contributed by atoms with E-state index >= 15 is 0 Å². The topological polar surface area (TPSA) is 66.0 Å². The Morgan fingerprint density at radius 2 is 1.95 bits per heavy atom. The van der Waals surface area contributed by atoms with Crippen molar-refractivity contribution in [2.75, 3.05) is 12.8 Å². The number of aromatic nitrogens is 3. The molecule has 0 radical (unpaired) electrons. The van der Waals surface area contributed by atoms with Gasteiger partial charge in [-0.3, -0.25) is 0 Å². The van der Waals surface area contributed by atoms with E-state index in [-0.39, 0.29) is 5.92 Å². The van der Waals surface area contributed by atoms with Gasteiger partial charge in [0.25, 0.3) is 0 Å². The largest absolute Gasteiger partial charge is 0.495 e. The maximum absolute atomic E-state index is 5.88. The molecule has 102 valence electrons. The third-order valence-electron chi connectivity index (χ3n) is 2.73. The number of benzene rings is 1. The highest BCUT2D eigenvalue weighted by Gasteiger charge is 2.18. The highest BCUT2D eigenvalue weighted by Crippen LogP contribution is 2.35. The van der Waals surface area contributed by atoms with Gasteiger partial charge in [-0.25, -0.2) is 4.68 Å². The standard InChI is InChI=1S/C12H14Br2N4O/c1-6(2)11-12(15)16-17-18(11)9-5-10(19-3)8(14)4-7(9)13/h4-6H,15H2,1-3H3. The van der Waals surface area contributed by atoms with Crippen LogP contribution in [0.4, 0.5) is 5.82 Å². The second kappa shape index (κ2) is 5.50. The van der Waals surface area contributed by atoms with Crippen LogP contribution in [0.3, 0.4) is 0 Å². The molecule has 0 saturated carbocycles. The number of methoxy groups -OCH3 is 1. The predicted octanol–water partition coefficient (Wildman–Crippen LogP) is 3.51. The van der Waals surface area contributed by atoms with Gasteiger partial charge in [-0.15, -0.1) is 5.10 Å². The summed E-state index contributed by atoms with van der Waals surface area (Å²) in [6.45, 7) is 4.10. The fourth-order valence-corrected chi connectivity index (χ4v) is 3.18. The van der Waals surface area contributed by atoms with Crippen molar-refractivity contribution in [3.8, 4) is 11.4 Å². The van der Waals surface area contributed by atoms with E-state index in [1.54, 1.807) is 11.8 Å². The minimum Gasteiger partial charge on any atom is -0.495 e. The van der Waals surface area contributed by atoms with Gasteiger partial charge in [0, 0.05) is 10.5 Å². The molecule has 0 unspecified atom stereocenters. The Bertz CT molecular complexity index is 610. The number of rotatable bonds is 3. The first-order chi connectivity index (χ1) is 8.95. The second-order valence-electron chi connectivity index (χ2n) is 4.36. The van der Waals surface area contributed by atoms with Gasteiger partial charge in [0.1, 0.15) is 5.75 Å². The first-order valence-corrected chi connectivity index (χ1v) is 7.28. The highest BCUT2D eigenvalue weighted by atomic mass is 79.9. The summed E-state index contributed by atoms with van der Waals surface area (Å²) < 4.78 is 8.79. The number of nitrogens with zero attached hydrogens (tertiary/aromatic N) is 3. The van der Waals surface area contributed by atoms with Crippen LogP contribution in [0, 0.1) is 0 Å². The molecule has 0 saturated heterocycles. The Kier molecular flexibility index (Phi) is 4.15. The molecule has 1 heterocycles. The van der Waals surface area contributed by atoms with Crippen LogP contribution in [0.2, 0.25) is 0 Å². The molecule has 2 aromatic rings. The van der Waals surface area contributed by atoms with Crippen molar-refractivity contribution in [3.05, 3.63) is 26.8 Å². The van der Waals surface area contributed by atoms with E-state index in [2.05, 4.69) is 56.0 Å². The van der Waals surface area contributed by atoms with Crippen LogP contribution < -0.4 is 10.5 Å². The normalized spacial score (nSPS) is 11.1. The molecule has 0 amide bonds. The summed E-state index contributed by atoms with van der Waals surface area (Å²) in [4.78, 5) is 0. The van der Waals surface area contributed by atoms with E-state index in [4.69, 9.17) is 10.5 Å². The van der Waals surface area contributed by atoms with Gasteiger partial charge in [0.15, 0.2) is 5.82 Å². The Morgan fingerprint density at radius 3 is 2.53 bits per heavy atom. The third kappa shape index (κ3) is 2.62. The van der Waals surface area contributed by atoms with Gasteiger partial charge in [0.05, 0.1) is 23.0 Å². The highest BCUT2D eigenvalue weighted by molar-refractivity contribution is 9.11. The van der Waals surface area contributed by atoms with Gasteiger partial charge < -0.3 is 10.5 Å². The minimum atomic E-state index is 0.219. The molecule has 0 bridgehead atoms. The first-order valence-electron chi connectivity index (χ1n) is 5.70. The Morgan fingerprint density at radius 1 is 1.26 bits per heavy atom. The molecule has 0 atom stereocenters. The third-order valence-corrected chi connectivity index (χ3v) is 3.98. The SMILES string of the molecule is COc1cc(-n2nnc(N)c2C(C)C)c(Br)cc1Br. The molecule has 7 heteroatoms. The van der Waals surface area contributed by atoms with E-state index in [1.165, 1.54) is 0 Å². The number of hydrogen-bond donors (Lipinski definition) is 1. The number of hydrogen-bond acceptors (Lipinski definition) is 4. The van der Waals surface area contributed by atoms with Gasteiger partial charge >= 0.3 is 0 Å². The Hall–Kier alpha value is -1.08. The molecule has 19 heavy (non-hydrogen) atoms. The summed E-state index contributed by atoms with van der Waals surface area (Å²) in [6, 6.07) is 3.80. The number of anilines is 1. The van der Waals surface area contributed by atoms with Crippen LogP contribution in [0.1, 0.15) is 25.5 Å². The van der Waals surface area contributed by atoms with Crippen molar-refractivity contribution in [1.29, 1.82) is 0 Å². The number of ether oxygens (including phenoxy) is 1. The lowest BCUT2D eigenvalue weighted by atomic mass is 10.1. The monoisotopic (exact) mass is 388 g/mol. The lowest BCUT2D eigenvalue weighted by Crippen LogP contribution is -2.06. The van der Waals surface area contributed by atoms with Crippen molar-refractivity contribution >= 4 is 37.7 Å². The van der Waals surface area contributed by atoms with Crippen LogP contribution in [-0.4, -0.2) is 22.1 Å². The Balaban J connectivity index is 2.65. The number of nitrogens with two attached hydrogens (primary N) is 1. The molecule has 0 fully saturated rings. The van der Waals surface area contributed by atoms with E-state index in [0.29, 0.717) is 5.82 Å². The lowest BCUT2D eigenvalue weighted by molar-refractivity contribution is 0.411. The average molecular weight is 390 g/mol. The van der Waals surface area contributed by atoms with Gasteiger partial charge in [-0.05, 0) is 43.8 Å². The van der Waals surface area contributed by atoms with E-state index in [1.807, 2.05) is 12.1 Å². The fourth-order valence-electron chi connectivity index (χ4n) is 1.86. The van der Waals surface area contributed by atoms with Crippen LogP contribution in [0.5, 0.6) is 5.75 Å². The molecule has 2 N–H and O–H groups in total. The van der Waals surface area contributed by atoms with E-state index < -0.39 is 0 Å². The molecule has 0 aliphatic heterocycles. The van der Waals surface area contributed by atoms with E-state index in [0.717, 1.165) is 26.1 Å². The fraction of sp³-hybridized carbons (Fsp3) is 0.333. The summed E-state index contributed by atoms with van der Waals surface area (Å²) in [5, 5.41) is 8.06. The van der Waals surface area contributed by atoms with Crippen molar-refractivity contribution in [2.24, 2.45) is 0 Å². The minimum absolute atomic E-state index is 0.219. The summed E-state index contributed by atoms with van der Waals surface area (Å²) >= 11 is 6.97. The van der Waals surface area contributed by atoms with Crippen LogP contribution in [-0.2, 0) is 0 Å². The van der Waals surface area contributed by atoms with E-state index in [9.17, 15) is 0 Å². The van der Waals surface area contributed by atoms with Gasteiger partial charge in [0.2, 0.25) is 0 Å². The van der Waals surface area contributed by atoms with Crippen LogP contribution in [0.15, 0.2) is 21.1 Å². The maximum atomic E-state index is 5.88. The second-order valence-corrected chi connectivity index (χ2v) is 6.07. The smallest absolute Gasteiger partial charge is 0.169 e. The first kappa shape index (κ1) is 14.3. The quantitative estimate of drug-likeness (QED) is 0.872. The summed E-state index contributed by atoms with van der Waals surface area (Å²) in [6.07, 6.45) is 0. The summed E-state index contributed by atoms with van der Waals surface area (Å²) in [5.74, 6) is 1.39. The lowest BCUT2D eigenvalue weighted by Gasteiger charge is -2.13. The predicted molar refractivity (Wildman–Crippen MR) is 81.8 cm³/mol. The zero-order valence-electron chi connectivity index (χ0n) is 10.8. The zero-order chi connectivity index (χ0) is 14.2. The molecular formula is C12H14Br2N4O. The van der Waals surface area contributed by atoms with Crippen molar-refractivity contribution in [1.82, 2.24) is 15.0 Å². The summed E-state index contributed by atoms with van der Waals surface area (Å²) in [5.41, 5.74) is 7.60. The van der Waals surface area contributed by atoms with Gasteiger partial charge in [-0.2, -0.15) is 0 Å². The maximum Gasteiger partial charge on any atom is 0.169 e. The average Bonchev–Trinajstić information content (AvgIpc) is 2.71. The molecule has 0 spiro atoms. The van der Waals surface area contributed by atoms with Crippen molar-refractivity contribution in [3.63, 3.8) is 0 Å². The number of nitrogen functional groups attached to an aromatic ring is 1. The molecule has 1 aromatic carbocycles. The zero-order valence-corrected chi connectivity index (χ0v) is 14.0. The molecule has 0 aliphatic rings. The molecule has 5 nitrogen and oxygen atoms in total. The van der Waals surface area contributed by atoms with Gasteiger partial charge in [-0.1, -0.05) is 19.1 Å². The van der Waals surface area contributed by atoms with Crippen LogP contribution >= 0.6 is 31.9 Å². The molecular weight excluding hydrogens is 376 g/mol. The summed E-state index contributed by atoms with van der Waals surface area (Å²) in [7, 11) is 1.62. The van der Waals surface area contributed by atoms with Crippen molar-refractivity contribution in [2.45, 2.75) is 19.8 Å². The molecule has 0 aliphatic carbocycles. The molecule has 2 rings (SSSR count). The number of halogens is 2. The molecule has 1 aromatic heterocycles.